The topological polar surface area (TPSA) is 140 Å². The minimum absolute atomic E-state index is 0. The van der Waals surface area contributed by atoms with E-state index < -0.39 is 12.1 Å². The second-order valence-electron chi connectivity index (χ2n) is 9.19. The highest BCUT2D eigenvalue weighted by molar-refractivity contribution is 5.95. The Bertz CT molecular complexity index is 1580. The Labute approximate surface area is 237 Å². The van der Waals surface area contributed by atoms with Gasteiger partial charge in [0, 0.05) is 53.6 Å². The molecule has 2 aromatic heterocycles. The third kappa shape index (κ3) is 6.31. The zero-order chi connectivity index (χ0) is 27.4. The molecule has 2 atom stereocenters. The maximum absolute atomic E-state index is 12.3. The zero-order valence-corrected chi connectivity index (χ0v) is 22.9. The molecule has 2 aromatic carbocycles. The van der Waals surface area contributed by atoms with Crippen LogP contribution < -0.4 is 11.1 Å². The smallest absolute Gasteiger partial charge is 0.355 e. The van der Waals surface area contributed by atoms with Gasteiger partial charge in [0.1, 0.15) is 11.7 Å². The van der Waals surface area contributed by atoms with Gasteiger partial charge in [0.2, 0.25) is 0 Å². The van der Waals surface area contributed by atoms with Crippen molar-refractivity contribution in [3.8, 4) is 0 Å². The fourth-order valence-corrected chi connectivity index (χ4v) is 4.32. The van der Waals surface area contributed by atoms with Gasteiger partial charge in [-0.25, -0.2) is 9.78 Å². The van der Waals surface area contributed by atoms with Gasteiger partial charge < -0.3 is 25.2 Å². The van der Waals surface area contributed by atoms with Gasteiger partial charge in [0.25, 0.3) is 6.10 Å². The number of amidine groups is 1. The number of carbonyl (C=O) groups is 1. The molecule has 206 valence electrons. The number of aryl methyl sites for hydroxylation is 1. The van der Waals surface area contributed by atoms with Crippen LogP contribution in [-0.2, 0) is 28.0 Å². The molecule has 0 spiro atoms. The molecule has 10 nitrogen and oxygen atoms in total. The van der Waals surface area contributed by atoms with Gasteiger partial charge in [-0.3, -0.25) is 10.4 Å². The maximum Gasteiger partial charge on any atom is 0.355 e. The lowest BCUT2D eigenvalue weighted by atomic mass is 10.1. The standard InChI is InChI=1S/C29H29N7O3.ClH/c1-3-38-29(37)27(20-5-4-12-32-15-20)39-34-16-21-13-23(21)19-8-11-25-24(14-19)35-26(36(25)2)17-33-22-9-6-18(7-10-22)28(30)31;/h4-12,14-15,23,27,33H,3,13,17H2,1-2H3,(H3,30,31);1H. The van der Waals surface area contributed by atoms with Crippen molar-refractivity contribution in [3.05, 3.63) is 95.1 Å². The van der Waals surface area contributed by atoms with Gasteiger partial charge in [0.05, 0.1) is 24.2 Å². The number of imidazole rings is 1. The molecule has 1 aliphatic rings. The SMILES string of the molecule is CCOC(=O)C(ON=C=C1CC1c1ccc2c(c1)nc(CNc1ccc(C(=N)N)cc1)n2C)c1cccnc1.Cl. The van der Waals surface area contributed by atoms with Gasteiger partial charge in [-0.05, 0) is 66.5 Å². The molecule has 4 N–H and O–H groups in total. The maximum atomic E-state index is 12.3. The number of benzene rings is 2. The van der Waals surface area contributed by atoms with E-state index in [1.807, 2.05) is 31.3 Å². The van der Waals surface area contributed by atoms with Crippen LogP contribution >= 0.6 is 12.4 Å². The van der Waals surface area contributed by atoms with Crippen molar-refractivity contribution < 1.29 is 14.4 Å². The van der Waals surface area contributed by atoms with Crippen molar-refractivity contribution in [2.45, 2.75) is 31.9 Å². The fraction of sp³-hybridized carbons (Fsp3) is 0.241. The molecule has 0 bridgehead atoms. The Balaban J connectivity index is 0.00000370. The van der Waals surface area contributed by atoms with Gasteiger partial charge in [-0.1, -0.05) is 12.1 Å². The summed E-state index contributed by atoms with van der Waals surface area (Å²) >= 11 is 0. The van der Waals surface area contributed by atoms with Crippen LogP contribution in [0.2, 0.25) is 0 Å². The number of aromatic nitrogens is 3. The zero-order valence-electron chi connectivity index (χ0n) is 22.1. The number of nitrogens with two attached hydrogens (primary N) is 1. The normalized spacial score (nSPS) is 14.4. The second kappa shape index (κ2) is 12.5. The lowest BCUT2D eigenvalue weighted by Crippen LogP contribution is -2.17. The molecule has 11 heteroatoms. The first-order valence-corrected chi connectivity index (χ1v) is 12.6. The summed E-state index contributed by atoms with van der Waals surface area (Å²) in [5, 5.41) is 14.9. The number of hydrogen-bond donors (Lipinski definition) is 3. The second-order valence-corrected chi connectivity index (χ2v) is 9.19. The number of nitrogens with one attached hydrogen (secondary N) is 2. The van der Waals surface area contributed by atoms with Crippen molar-refractivity contribution >= 4 is 46.8 Å². The molecular weight excluding hydrogens is 530 g/mol. The summed E-state index contributed by atoms with van der Waals surface area (Å²) in [6, 6.07) is 17.2. The number of nitrogen functional groups attached to an aromatic ring is 1. The summed E-state index contributed by atoms with van der Waals surface area (Å²) in [6.45, 7) is 2.54. The van der Waals surface area contributed by atoms with E-state index in [1.54, 1.807) is 31.5 Å². The molecule has 1 saturated carbocycles. The number of halogens is 1. The summed E-state index contributed by atoms with van der Waals surface area (Å²) in [4.78, 5) is 26.7. The quantitative estimate of drug-likeness (QED) is 0.111. The molecule has 2 unspecified atom stereocenters. The summed E-state index contributed by atoms with van der Waals surface area (Å²) < 4.78 is 7.19. The molecule has 0 aliphatic heterocycles. The van der Waals surface area contributed by atoms with Crippen LogP contribution in [0.1, 0.15) is 47.9 Å². The summed E-state index contributed by atoms with van der Waals surface area (Å²) in [5.74, 6) is 3.56. The van der Waals surface area contributed by atoms with Crippen LogP contribution in [-0.4, -0.2) is 38.8 Å². The molecule has 1 aliphatic carbocycles. The van der Waals surface area contributed by atoms with Crippen molar-refractivity contribution in [2.75, 3.05) is 11.9 Å². The van der Waals surface area contributed by atoms with Crippen molar-refractivity contribution in [1.29, 1.82) is 5.41 Å². The van der Waals surface area contributed by atoms with E-state index in [4.69, 9.17) is 25.7 Å². The van der Waals surface area contributed by atoms with Crippen LogP contribution in [0.25, 0.3) is 11.0 Å². The van der Waals surface area contributed by atoms with E-state index >= 15 is 0 Å². The van der Waals surface area contributed by atoms with Crippen molar-refractivity contribution in [1.82, 2.24) is 14.5 Å². The van der Waals surface area contributed by atoms with Crippen molar-refractivity contribution in [3.63, 3.8) is 0 Å². The lowest BCUT2D eigenvalue weighted by Gasteiger charge is -2.12. The van der Waals surface area contributed by atoms with E-state index in [0.717, 1.165) is 40.1 Å². The predicted molar refractivity (Wildman–Crippen MR) is 156 cm³/mol. The summed E-state index contributed by atoms with van der Waals surface area (Å²) in [5.41, 5.74) is 11.8. The number of carbonyl (C=O) groups excluding carboxylic acids is 1. The van der Waals surface area contributed by atoms with Crippen LogP contribution in [0.4, 0.5) is 5.69 Å². The number of pyridine rings is 1. The number of hydrogen-bond acceptors (Lipinski definition) is 8. The first-order chi connectivity index (χ1) is 18.9. The first-order valence-electron chi connectivity index (χ1n) is 12.6. The minimum atomic E-state index is -0.993. The molecule has 5 rings (SSSR count). The van der Waals surface area contributed by atoms with E-state index in [2.05, 4.69) is 44.1 Å². The molecule has 40 heavy (non-hydrogen) atoms. The number of nitrogens with zero attached hydrogens (tertiary/aromatic N) is 4. The summed E-state index contributed by atoms with van der Waals surface area (Å²) in [7, 11) is 2.00. The Morgan fingerprint density at radius 2 is 2.08 bits per heavy atom. The van der Waals surface area contributed by atoms with Gasteiger partial charge in [-0.2, -0.15) is 0 Å². The lowest BCUT2D eigenvalue weighted by molar-refractivity contribution is -0.157. The number of ether oxygens (including phenoxy) is 1. The number of esters is 1. The van der Waals surface area contributed by atoms with Crippen LogP contribution in [0.5, 0.6) is 0 Å². The van der Waals surface area contributed by atoms with Crippen LogP contribution in [0.15, 0.2) is 77.7 Å². The van der Waals surface area contributed by atoms with E-state index in [-0.39, 0.29) is 30.8 Å². The Kier molecular flexibility index (Phi) is 8.83. The third-order valence-electron chi connectivity index (χ3n) is 6.57. The molecule has 2 heterocycles. The summed E-state index contributed by atoms with van der Waals surface area (Å²) in [6.07, 6.45) is 3.00. The molecule has 0 saturated heterocycles. The average Bonchev–Trinajstić information content (AvgIpc) is 3.66. The predicted octanol–water partition coefficient (Wildman–Crippen LogP) is 4.61. The highest BCUT2D eigenvalue weighted by atomic mass is 35.5. The third-order valence-corrected chi connectivity index (χ3v) is 6.57. The minimum Gasteiger partial charge on any atom is -0.463 e. The number of allylic oxidation sites excluding steroid dienone is 1. The molecule has 0 amide bonds. The Hall–Kier alpha value is -4.66. The van der Waals surface area contributed by atoms with Crippen LogP contribution in [0.3, 0.4) is 0 Å². The van der Waals surface area contributed by atoms with Crippen LogP contribution in [0, 0.1) is 5.41 Å². The molecule has 0 radical (unpaired) electrons. The van der Waals surface area contributed by atoms with E-state index in [1.165, 1.54) is 0 Å². The van der Waals surface area contributed by atoms with E-state index in [9.17, 15) is 4.79 Å². The first kappa shape index (κ1) is 28.4. The Morgan fingerprint density at radius 1 is 1.27 bits per heavy atom. The molecule has 4 aromatic rings. The van der Waals surface area contributed by atoms with E-state index in [0.29, 0.717) is 17.7 Å². The molecule has 1 fully saturated rings. The largest absolute Gasteiger partial charge is 0.463 e. The molecular formula is C29H30ClN7O3. The number of fused-ring (bicyclic) bond motifs is 1. The monoisotopic (exact) mass is 559 g/mol. The van der Waals surface area contributed by atoms with Gasteiger partial charge in [-0.15, -0.1) is 12.4 Å². The highest BCUT2D eigenvalue weighted by Gasteiger charge is 2.33. The number of rotatable bonds is 10. The average molecular weight is 560 g/mol. The highest BCUT2D eigenvalue weighted by Crippen LogP contribution is 2.45. The fourth-order valence-electron chi connectivity index (χ4n) is 4.32. The van der Waals surface area contributed by atoms with Gasteiger partial charge in [0.15, 0.2) is 0 Å². The Morgan fingerprint density at radius 3 is 2.77 bits per heavy atom. The number of anilines is 1. The van der Waals surface area contributed by atoms with Crippen molar-refractivity contribution in [2.24, 2.45) is 17.9 Å². The van der Waals surface area contributed by atoms with Gasteiger partial charge >= 0.3 is 5.97 Å².